The minimum atomic E-state index is -1.61. The molecule has 0 aromatic rings. The molecule has 0 aliphatic heterocycles. The maximum Gasteiger partial charge on any atom is 0.0316 e. The third kappa shape index (κ3) is 1.73. The van der Waals surface area contributed by atoms with Crippen LogP contribution in [0.5, 0.6) is 0 Å². The smallest absolute Gasteiger partial charge is 0.0316 e. The second-order valence-electron chi connectivity index (χ2n) is 2.82. The molecule has 1 rings (SSSR count). The van der Waals surface area contributed by atoms with E-state index in [1.54, 1.807) is 13.8 Å². The van der Waals surface area contributed by atoms with Crippen molar-refractivity contribution in [2.24, 2.45) is 5.92 Å². The highest BCUT2D eigenvalue weighted by Crippen LogP contribution is 2.27. The molecule has 0 aromatic heterocycles. The first-order valence-corrected chi connectivity index (χ1v) is 3.50. The van der Waals surface area contributed by atoms with Crippen LogP contribution >= 0.6 is 0 Å². The van der Waals surface area contributed by atoms with Gasteiger partial charge in [0.1, 0.15) is 0 Å². The van der Waals surface area contributed by atoms with Gasteiger partial charge in [0, 0.05) is 5.48 Å². The lowest BCUT2D eigenvalue weighted by atomic mass is 9.86. The van der Waals surface area contributed by atoms with Gasteiger partial charge >= 0.3 is 0 Å². The largest absolute Gasteiger partial charge is 0.0998 e. The number of hydrogen-bond acceptors (Lipinski definition) is 0. The Labute approximate surface area is 69.3 Å². The summed E-state index contributed by atoms with van der Waals surface area (Å²) in [7, 11) is 0. The van der Waals surface area contributed by atoms with Crippen molar-refractivity contribution in [2.75, 3.05) is 0 Å². The van der Waals surface area contributed by atoms with Crippen molar-refractivity contribution in [3.63, 3.8) is 0 Å². The van der Waals surface area contributed by atoms with Crippen molar-refractivity contribution in [3.05, 3.63) is 23.8 Å². The Hall–Kier alpha value is -0.520. The van der Waals surface area contributed by atoms with Crippen LogP contribution in [-0.2, 0) is 0 Å². The Morgan fingerprint density at radius 1 is 1.90 bits per heavy atom. The predicted molar refractivity (Wildman–Crippen MR) is 45.9 cm³/mol. The number of allylic oxidation sites excluding steroid dienone is 3. The average Bonchev–Trinajstić information content (AvgIpc) is 1.75. The molecule has 1 unspecified atom stereocenters. The minimum absolute atomic E-state index is 0.296. The molecule has 0 saturated heterocycles. The molecule has 0 aromatic carbocycles. The third-order valence-corrected chi connectivity index (χ3v) is 1.57. The molecule has 0 amide bonds. The van der Waals surface area contributed by atoms with Crippen molar-refractivity contribution < 1.29 is 5.48 Å². The van der Waals surface area contributed by atoms with Gasteiger partial charge in [0.25, 0.3) is 0 Å². The third-order valence-electron chi connectivity index (χ3n) is 1.57. The lowest BCUT2D eigenvalue weighted by Crippen LogP contribution is -2.04. The molecule has 1 aliphatic carbocycles. The minimum Gasteiger partial charge on any atom is -0.0998 e. The fourth-order valence-corrected chi connectivity index (χ4v) is 0.915. The second-order valence-corrected chi connectivity index (χ2v) is 2.82. The molecular formula is C10H16. The van der Waals surface area contributed by atoms with Crippen molar-refractivity contribution >= 4 is 0 Å². The lowest BCUT2D eigenvalue weighted by molar-refractivity contribution is 0.540. The van der Waals surface area contributed by atoms with E-state index in [0.717, 1.165) is 5.57 Å². The topological polar surface area (TPSA) is 0 Å². The summed E-state index contributed by atoms with van der Waals surface area (Å²) in [6, 6.07) is 0. The SMILES string of the molecule is [2H]C1([2H])C=C(C)CC([2H])([2H])C1C(=C)C. The van der Waals surface area contributed by atoms with E-state index in [-0.39, 0.29) is 0 Å². The van der Waals surface area contributed by atoms with Gasteiger partial charge in [-0.3, -0.25) is 0 Å². The van der Waals surface area contributed by atoms with Gasteiger partial charge in [-0.05, 0) is 38.9 Å². The van der Waals surface area contributed by atoms with Crippen LogP contribution in [0, 0.1) is 5.92 Å². The maximum atomic E-state index is 7.82. The average molecular weight is 140 g/mol. The van der Waals surface area contributed by atoms with Crippen LogP contribution in [-0.4, -0.2) is 0 Å². The fraction of sp³-hybridized carbons (Fsp3) is 0.600. The quantitative estimate of drug-likeness (QED) is 0.490. The van der Waals surface area contributed by atoms with Gasteiger partial charge in [-0.2, -0.15) is 0 Å². The van der Waals surface area contributed by atoms with Crippen molar-refractivity contribution in [3.8, 4) is 0 Å². The standard InChI is InChI=1S/C10H16/c1-8(2)10-6-4-9(3)5-7-10/h4,10H,1,5-7H2,2-3H3/i6D2,7D2. The first-order chi connectivity index (χ1) is 6.17. The Kier molecular flexibility index (Phi) is 1.14. The van der Waals surface area contributed by atoms with Crippen molar-refractivity contribution in [1.29, 1.82) is 0 Å². The summed E-state index contributed by atoms with van der Waals surface area (Å²) in [4.78, 5) is 0. The van der Waals surface area contributed by atoms with E-state index >= 15 is 0 Å². The molecule has 0 heterocycles. The van der Waals surface area contributed by atoms with E-state index in [1.807, 2.05) is 0 Å². The van der Waals surface area contributed by atoms with Gasteiger partial charge < -0.3 is 0 Å². The van der Waals surface area contributed by atoms with E-state index in [9.17, 15) is 0 Å². The first-order valence-electron chi connectivity index (χ1n) is 5.50. The van der Waals surface area contributed by atoms with E-state index in [1.165, 1.54) is 6.08 Å². The normalized spacial score (nSPS) is 41.8. The van der Waals surface area contributed by atoms with Crippen LogP contribution in [0.25, 0.3) is 0 Å². The Morgan fingerprint density at radius 3 is 3.10 bits per heavy atom. The van der Waals surface area contributed by atoms with Crippen LogP contribution in [0.15, 0.2) is 23.8 Å². The fourth-order valence-electron chi connectivity index (χ4n) is 0.915. The Balaban J connectivity index is 3.18. The van der Waals surface area contributed by atoms with Gasteiger partial charge in [-0.1, -0.05) is 23.8 Å². The van der Waals surface area contributed by atoms with E-state index in [2.05, 4.69) is 6.58 Å². The molecule has 0 bridgehead atoms. The second kappa shape index (κ2) is 3.05. The zero-order valence-electron chi connectivity index (χ0n) is 10.6. The zero-order valence-corrected chi connectivity index (χ0v) is 6.57. The monoisotopic (exact) mass is 140 g/mol. The Bertz CT molecular complexity index is 288. The summed E-state index contributed by atoms with van der Waals surface area (Å²) in [5, 5.41) is 0. The molecule has 0 spiro atoms. The lowest BCUT2D eigenvalue weighted by Gasteiger charge is -2.19. The first kappa shape index (κ1) is 3.75. The van der Waals surface area contributed by atoms with Gasteiger partial charge in [-0.25, -0.2) is 0 Å². The Morgan fingerprint density at radius 2 is 2.60 bits per heavy atom. The predicted octanol–water partition coefficient (Wildman–Crippen LogP) is 3.31. The molecule has 0 heteroatoms. The molecule has 0 nitrogen and oxygen atoms in total. The van der Waals surface area contributed by atoms with E-state index < -0.39 is 18.7 Å². The van der Waals surface area contributed by atoms with E-state index in [4.69, 9.17) is 5.48 Å². The summed E-state index contributed by atoms with van der Waals surface area (Å²) in [6.45, 7) is 7.14. The molecule has 10 heavy (non-hydrogen) atoms. The van der Waals surface area contributed by atoms with Gasteiger partial charge in [-0.15, -0.1) is 0 Å². The zero-order chi connectivity index (χ0) is 11.1. The van der Waals surface area contributed by atoms with Crippen molar-refractivity contribution in [1.82, 2.24) is 0 Å². The molecule has 0 fully saturated rings. The summed E-state index contributed by atoms with van der Waals surface area (Å²) in [5.74, 6) is -0.737. The molecule has 56 valence electrons. The van der Waals surface area contributed by atoms with Gasteiger partial charge in [0.05, 0.1) is 0 Å². The summed E-state index contributed by atoms with van der Waals surface area (Å²) in [6.07, 6.45) is -1.32. The molecule has 0 radical (unpaired) electrons. The number of rotatable bonds is 1. The maximum absolute atomic E-state index is 7.82. The molecule has 0 saturated carbocycles. The summed E-state index contributed by atoms with van der Waals surface area (Å²) < 4.78 is 31.2. The van der Waals surface area contributed by atoms with Crippen LogP contribution in [0.1, 0.15) is 38.5 Å². The van der Waals surface area contributed by atoms with Crippen LogP contribution in [0.2, 0.25) is 0 Å². The van der Waals surface area contributed by atoms with Gasteiger partial charge in [0.15, 0.2) is 0 Å². The highest BCUT2D eigenvalue weighted by molar-refractivity contribution is 5.09. The highest BCUT2D eigenvalue weighted by atomic mass is 14.2. The molecule has 0 N–H and O–H groups in total. The summed E-state index contributed by atoms with van der Waals surface area (Å²) in [5.41, 5.74) is 1.35. The van der Waals surface area contributed by atoms with Gasteiger partial charge in [0.2, 0.25) is 0 Å². The highest BCUT2D eigenvalue weighted by Gasteiger charge is 2.11. The molecule has 1 aliphatic rings. The number of hydrogen-bond donors (Lipinski definition) is 0. The summed E-state index contributed by atoms with van der Waals surface area (Å²) >= 11 is 0. The van der Waals surface area contributed by atoms with Crippen LogP contribution < -0.4 is 0 Å². The van der Waals surface area contributed by atoms with Crippen LogP contribution in [0.4, 0.5) is 0 Å². The van der Waals surface area contributed by atoms with Crippen molar-refractivity contribution in [2.45, 2.75) is 33.0 Å². The molecule has 1 atom stereocenters. The van der Waals surface area contributed by atoms with E-state index in [0.29, 0.717) is 12.0 Å². The van der Waals surface area contributed by atoms with Crippen LogP contribution in [0.3, 0.4) is 0 Å². The molecular weight excluding hydrogens is 120 g/mol.